The van der Waals surface area contributed by atoms with E-state index in [2.05, 4.69) is 5.32 Å². The van der Waals surface area contributed by atoms with Crippen molar-refractivity contribution in [2.24, 2.45) is 0 Å². The van der Waals surface area contributed by atoms with Gasteiger partial charge < -0.3 is 10.2 Å². The summed E-state index contributed by atoms with van der Waals surface area (Å²) in [6.45, 7) is 1.11. The molecule has 1 N–H and O–H groups in total. The zero-order valence-corrected chi connectivity index (χ0v) is 20.2. The van der Waals surface area contributed by atoms with Gasteiger partial charge in [0.25, 0.3) is 0 Å². The molecule has 0 unspecified atom stereocenters. The summed E-state index contributed by atoms with van der Waals surface area (Å²) in [6, 6.07) is 10.2. The van der Waals surface area contributed by atoms with E-state index in [-0.39, 0.29) is 28.2 Å². The maximum absolute atomic E-state index is 13.2. The molecule has 0 aliphatic carbocycles. The highest BCUT2D eigenvalue weighted by Crippen LogP contribution is 2.27. The largest absolute Gasteiger partial charge is 0.357 e. The molecule has 0 aliphatic rings. The fraction of sp³-hybridized carbons (Fsp3) is 0.300. The van der Waals surface area contributed by atoms with Gasteiger partial charge in [0.05, 0.1) is 11.9 Å². The van der Waals surface area contributed by atoms with Crippen LogP contribution in [0, 0.1) is 0 Å². The Kier molecular flexibility index (Phi) is 8.59. The van der Waals surface area contributed by atoms with Crippen molar-refractivity contribution < 1.29 is 18.0 Å². The Bertz CT molecular complexity index is 1040. The minimum atomic E-state index is -3.86. The summed E-state index contributed by atoms with van der Waals surface area (Å²) >= 11 is 17.9. The molecule has 0 heterocycles. The number of carbonyl (C=O) groups is 2. The lowest BCUT2D eigenvalue weighted by molar-refractivity contribution is -0.139. The lowest BCUT2D eigenvalue weighted by Gasteiger charge is -2.31. The number of amides is 2. The molecule has 2 amide bonds. The maximum atomic E-state index is 13.2. The zero-order valence-electron chi connectivity index (χ0n) is 17.1. The lowest BCUT2D eigenvalue weighted by atomic mass is 10.1. The molecule has 0 bridgehead atoms. The molecule has 0 aromatic heterocycles. The molecule has 11 heteroatoms. The van der Waals surface area contributed by atoms with E-state index in [0.29, 0.717) is 5.02 Å². The van der Waals surface area contributed by atoms with Crippen molar-refractivity contribution in [2.45, 2.75) is 19.5 Å². The molecule has 0 saturated carbocycles. The number of benzene rings is 2. The average molecular weight is 507 g/mol. The van der Waals surface area contributed by atoms with E-state index in [1.165, 1.54) is 30.1 Å². The number of nitrogens with zero attached hydrogens (tertiary/aromatic N) is 2. The van der Waals surface area contributed by atoms with Crippen LogP contribution >= 0.6 is 34.8 Å². The van der Waals surface area contributed by atoms with Gasteiger partial charge in [-0.1, -0.05) is 46.9 Å². The van der Waals surface area contributed by atoms with Crippen molar-refractivity contribution in [3.8, 4) is 0 Å². The van der Waals surface area contributed by atoms with Crippen molar-refractivity contribution >= 4 is 62.3 Å². The molecule has 7 nitrogen and oxygen atoms in total. The Morgan fingerprint density at radius 1 is 1.00 bits per heavy atom. The number of hydrogen-bond acceptors (Lipinski definition) is 4. The third-order valence-electron chi connectivity index (χ3n) is 4.49. The van der Waals surface area contributed by atoms with Crippen molar-refractivity contribution in [3.05, 3.63) is 63.1 Å². The molecule has 2 aromatic rings. The summed E-state index contributed by atoms with van der Waals surface area (Å²) in [5, 5.41) is 3.48. The van der Waals surface area contributed by atoms with Crippen LogP contribution in [-0.4, -0.2) is 51.0 Å². The molecular weight excluding hydrogens is 485 g/mol. The highest BCUT2D eigenvalue weighted by molar-refractivity contribution is 7.92. The molecule has 0 fully saturated rings. The Hall–Kier alpha value is -2.00. The van der Waals surface area contributed by atoms with Crippen molar-refractivity contribution in [1.82, 2.24) is 10.2 Å². The van der Waals surface area contributed by atoms with Gasteiger partial charge in [-0.2, -0.15) is 0 Å². The Morgan fingerprint density at radius 2 is 1.55 bits per heavy atom. The molecule has 1 atom stereocenters. The standard InChI is InChI=1S/C20H22Cl3N3O4S/c1-13(20(28)24-2)25(11-14-4-6-15(21)7-5-14)19(27)12-26(31(3,29)30)18-9-16(22)8-17(23)10-18/h4-10,13H,11-12H2,1-3H3,(H,24,28)/t13-/m1/s1. The monoisotopic (exact) mass is 505 g/mol. The highest BCUT2D eigenvalue weighted by atomic mass is 35.5. The van der Waals surface area contributed by atoms with E-state index < -0.39 is 28.5 Å². The van der Waals surface area contributed by atoms with Gasteiger partial charge in [-0.05, 0) is 42.8 Å². The van der Waals surface area contributed by atoms with Crippen LogP contribution in [0.25, 0.3) is 0 Å². The van der Waals surface area contributed by atoms with E-state index in [9.17, 15) is 18.0 Å². The second-order valence-electron chi connectivity index (χ2n) is 6.84. The van der Waals surface area contributed by atoms with E-state index in [4.69, 9.17) is 34.8 Å². The molecule has 2 aromatic carbocycles. The van der Waals surface area contributed by atoms with Crippen LogP contribution in [0.3, 0.4) is 0 Å². The molecular formula is C20H22Cl3N3O4S. The number of likely N-dealkylation sites (N-methyl/N-ethyl adjacent to an activating group) is 1. The van der Waals surface area contributed by atoms with Crippen LogP contribution in [-0.2, 0) is 26.2 Å². The van der Waals surface area contributed by atoms with Crippen LogP contribution < -0.4 is 9.62 Å². The van der Waals surface area contributed by atoms with E-state index >= 15 is 0 Å². The number of anilines is 1. The van der Waals surface area contributed by atoms with Crippen LogP contribution in [0.4, 0.5) is 5.69 Å². The van der Waals surface area contributed by atoms with E-state index in [1.54, 1.807) is 31.2 Å². The first kappa shape index (κ1) is 25.3. The highest BCUT2D eigenvalue weighted by Gasteiger charge is 2.29. The smallest absolute Gasteiger partial charge is 0.244 e. The van der Waals surface area contributed by atoms with E-state index in [0.717, 1.165) is 16.1 Å². The third-order valence-corrected chi connectivity index (χ3v) is 6.32. The Morgan fingerprint density at radius 3 is 2.03 bits per heavy atom. The van der Waals surface area contributed by atoms with Gasteiger partial charge in [-0.15, -0.1) is 0 Å². The lowest BCUT2D eigenvalue weighted by Crippen LogP contribution is -2.50. The van der Waals surface area contributed by atoms with Crippen LogP contribution in [0.5, 0.6) is 0 Å². The molecule has 0 spiro atoms. The Balaban J connectivity index is 2.40. The summed E-state index contributed by atoms with van der Waals surface area (Å²) in [4.78, 5) is 26.8. The van der Waals surface area contributed by atoms with Gasteiger partial charge in [-0.3, -0.25) is 13.9 Å². The number of hydrogen-bond donors (Lipinski definition) is 1. The van der Waals surface area contributed by atoms with Crippen LogP contribution in [0.2, 0.25) is 15.1 Å². The topological polar surface area (TPSA) is 86.8 Å². The molecule has 0 radical (unpaired) electrons. The molecule has 31 heavy (non-hydrogen) atoms. The van der Waals surface area contributed by atoms with Crippen LogP contribution in [0.1, 0.15) is 12.5 Å². The fourth-order valence-corrected chi connectivity index (χ4v) is 4.35. The maximum Gasteiger partial charge on any atom is 0.244 e. The minimum absolute atomic E-state index is 0.0818. The quantitative estimate of drug-likeness (QED) is 0.593. The molecule has 2 rings (SSSR count). The van der Waals surface area contributed by atoms with Crippen molar-refractivity contribution in [3.63, 3.8) is 0 Å². The minimum Gasteiger partial charge on any atom is -0.357 e. The van der Waals surface area contributed by atoms with Gasteiger partial charge in [0.2, 0.25) is 21.8 Å². The summed E-state index contributed by atoms with van der Waals surface area (Å²) in [6.07, 6.45) is 0.973. The first-order valence-electron chi connectivity index (χ1n) is 9.11. The first-order valence-corrected chi connectivity index (χ1v) is 12.1. The number of sulfonamides is 1. The van der Waals surface area contributed by atoms with E-state index in [1.807, 2.05) is 0 Å². The normalized spacial score (nSPS) is 12.2. The summed E-state index contributed by atoms with van der Waals surface area (Å²) in [7, 11) is -2.40. The van der Waals surface area contributed by atoms with Gasteiger partial charge in [0.1, 0.15) is 12.6 Å². The van der Waals surface area contributed by atoms with Gasteiger partial charge >= 0.3 is 0 Å². The zero-order chi connectivity index (χ0) is 23.3. The third kappa shape index (κ3) is 7.00. The second-order valence-corrected chi connectivity index (χ2v) is 10.1. The van der Waals surface area contributed by atoms with Gasteiger partial charge in [0, 0.05) is 28.7 Å². The molecule has 0 saturated heterocycles. The number of rotatable bonds is 8. The predicted molar refractivity (Wildman–Crippen MR) is 124 cm³/mol. The van der Waals surface area contributed by atoms with Crippen molar-refractivity contribution in [1.29, 1.82) is 0 Å². The average Bonchev–Trinajstić information content (AvgIpc) is 2.68. The number of nitrogens with one attached hydrogen (secondary N) is 1. The summed E-state index contributed by atoms with van der Waals surface area (Å²) < 4.78 is 25.8. The Labute approximate surface area is 196 Å². The van der Waals surface area contributed by atoms with Gasteiger partial charge in [-0.25, -0.2) is 8.42 Å². The number of halogens is 3. The SMILES string of the molecule is CNC(=O)[C@@H](C)N(Cc1ccc(Cl)cc1)C(=O)CN(c1cc(Cl)cc(Cl)c1)S(C)(=O)=O. The molecule has 0 aliphatic heterocycles. The van der Waals surface area contributed by atoms with Crippen molar-refractivity contribution in [2.75, 3.05) is 24.2 Å². The predicted octanol–water partition coefficient (Wildman–Crippen LogP) is 3.58. The fourth-order valence-electron chi connectivity index (χ4n) is 2.87. The summed E-state index contributed by atoms with van der Waals surface area (Å²) in [5.74, 6) is -0.966. The first-order chi connectivity index (χ1) is 14.4. The van der Waals surface area contributed by atoms with Crippen LogP contribution in [0.15, 0.2) is 42.5 Å². The summed E-state index contributed by atoms with van der Waals surface area (Å²) in [5.41, 5.74) is 0.873. The molecule has 168 valence electrons. The second kappa shape index (κ2) is 10.5. The van der Waals surface area contributed by atoms with Gasteiger partial charge in [0.15, 0.2) is 0 Å². The number of carbonyl (C=O) groups excluding carboxylic acids is 2.